The molecule has 19 heavy (non-hydrogen) atoms. The summed E-state index contributed by atoms with van der Waals surface area (Å²) in [6, 6.07) is 6.37. The number of rotatable bonds is 7. The predicted octanol–water partition coefficient (Wildman–Crippen LogP) is 3.49. The fourth-order valence-electron chi connectivity index (χ4n) is 1.41. The Balaban J connectivity index is 2.22. The maximum absolute atomic E-state index is 11.5. The molecule has 1 rings (SSSR count). The van der Waals surface area contributed by atoms with E-state index in [4.69, 9.17) is 4.84 Å². The van der Waals surface area contributed by atoms with E-state index < -0.39 is 0 Å². The molecular formula is C15H23NO2S. The zero-order chi connectivity index (χ0) is 14.3. The molecule has 1 aromatic rings. The standard InChI is InChI=1S/C15H23NO2S/c1-11(2)10-18-16-15(17)7-8-19-14-6-5-12(3)13(4)9-14/h5-6,9,11H,7-8,10H2,1-4H3,(H,16,17). The van der Waals surface area contributed by atoms with Crippen molar-refractivity contribution in [1.82, 2.24) is 5.48 Å². The minimum absolute atomic E-state index is 0.0583. The number of aryl methyl sites for hydroxylation is 2. The third kappa shape index (κ3) is 6.64. The summed E-state index contributed by atoms with van der Waals surface area (Å²) in [7, 11) is 0. The summed E-state index contributed by atoms with van der Waals surface area (Å²) < 4.78 is 0. The van der Waals surface area contributed by atoms with Gasteiger partial charge in [0.2, 0.25) is 5.91 Å². The fourth-order valence-corrected chi connectivity index (χ4v) is 2.35. The lowest BCUT2D eigenvalue weighted by Gasteiger charge is -2.08. The van der Waals surface area contributed by atoms with Crippen LogP contribution in [0.3, 0.4) is 0 Å². The average molecular weight is 281 g/mol. The Morgan fingerprint density at radius 3 is 2.68 bits per heavy atom. The van der Waals surface area contributed by atoms with Crippen LogP contribution in [0.1, 0.15) is 31.4 Å². The van der Waals surface area contributed by atoms with Crippen molar-refractivity contribution in [2.75, 3.05) is 12.4 Å². The lowest BCUT2D eigenvalue weighted by atomic mass is 10.1. The molecule has 0 aliphatic heterocycles. The largest absolute Gasteiger partial charge is 0.273 e. The van der Waals surface area contributed by atoms with Gasteiger partial charge in [-0.25, -0.2) is 5.48 Å². The molecular weight excluding hydrogens is 258 g/mol. The molecule has 4 heteroatoms. The van der Waals surface area contributed by atoms with E-state index in [2.05, 4.69) is 37.5 Å². The van der Waals surface area contributed by atoms with E-state index >= 15 is 0 Å². The normalized spacial score (nSPS) is 10.8. The number of amides is 1. The Morgan fingerprint density at radius 2 is 2.05 bits per heavy atom. The van der Waals surface area contributed by atoms with Crippen molar-refractivity contribution in [3.63, 3.8) is 0 Å². The molecule has 0 unspecified atom stereocenters. The van der Waals surface area contributed by atoms with Crippen molar-refractivity contribution in [1.29, 1.82) is 0 Å². The molecule has 0 bridgehead atoms. The van der Waals surface area contributed by atoms with Crippen molar-refractivity contribution >= 4 is 17.7 Å². The van der Waals surface area contributed by atoms with Gasteiger partial charge in [-0.2, -0.15) is 0 Å². The fraction of sp³-hybridized carbons (Fsp3) is 0.533. The van der Waals surface area contributed by atoms with Crippen molar-refractivity contribution in [3.05, 3.63) is 29.3 Å². The molecule has 0 fully saturated rings. The number of thioether (sulfide) groups is 1. The number of benzene rings is 1. The van der Waals surface area contributed by atoms with Crippen LogP contribution < -0.4 is 5.48 Å². The van der Waals surface area contributed by atoms with Gasteiger partial charge in [-0.05, 0) is 43.0 Å². The van der Waals surface area contributed by atoms with Crippen LogP contribution in [-0.4, -0.2) is 18.3 Å². The summed E-state index contributed by atoms with van der Waals surface area (Å²) in [4.78, 5) is 17.8. The molecule has 0 aliphatic rings. The molecule has 1 amide bonds. The zero-order valence-electron chi connectivity index (χ0n) is 12.2. The van der Waals surface area contributed by atoms with E-state index in [1.54, 1.807) is 11.8 Å². The summed E-state index contributed by atoms with van der Waals surface area (Å²) >= 11 is 1.69. The highest BCUT2D eigenvalue weighted by Crippen LogP contribution is 2.21. The van der Waals surface area contributed by atoms with Gasteiger partial charge in [0, 0.05) is 17.1 Å². The second-order valence-electron chi connectivity index (χ2n) is 5.07. The quantitative estimate of drug-likeness (QED) is 0.614. The Morgan fingerprint density at radius 1 is 1.32 bits per heavy atom. The third-order valence-corrected chi connectivity index (χ3v) is 3.67. The molecule has 1 aromatic carbocycles. The van der Waals surface area contributed by atoms with E-state index in [-0.39, 0.29) is 5.91 Å². The SMILES string of the molecule is Cc1ccc(SCCC(=O)NOCC(C)C)cc1C. The summed E-state index contributed by atoms with van der Waals surface area (Å²) in [5, 5.41) is 0. The number of hydrogen-bond acceptors (Lipinski definition) is 3. The van der Waals surface area contributed by atoms with Gasteiger partial charge in [0.05, 0.1) is 6.61 Å². The Labute approximate surface area is 120 Å². The monoisotopic (exact) mass is 281 g/mol. The Hall–Kier alpha value is -1.00. The molecule has 0 saturated heterocycles. The Kier molecular flexibility index (Phi) is 6.95. The summed E-state index contributed by atoms with van der Waals surface area (Å²) in [5.41, 5.74) is 5.05. The highest BCUT2D eigenvalue weighted by molar-refractivity contribution is 7.99. The van der Waals surface area contributed by atoms with E-state index in [0.29, 0.717) is 18.9 Å². The Bertz CT molecular complexity index is 419. The van der Waals surface area contributed by atoms with Crippen molar-refractivity contribution in [2.24, 2.45) is 5.92 Å². The van der Waals surface area contributed by atoms with Gasteiger partial charge in [0.1, 0.15) is 0 Å². The molecule has 0 atom stereocenters. The van der Waals surface area contributed by atoms with E-state index in [0.717, 1.165) is 5.75 Å². The highest BCUT2D eigenvalue weighted by Gasteiger charge is 2.03. The van der Waals surface area contributed by atoms with E-state index in [1.807, 2.05) is 13.8 Å². The molecule has 3 nitrogen and oxygen atoms in total. The third-order valence-electron chi connectivity index (χ3n) is 2.68. The smallest absolute Gasteiger partial charge is 0.244 e. The van der Waals surface area contributed by atoms with Gasteiger partial charge in [0.15, 0.2) is 0 Å². The van der Waals surface area contributed by atoms with Gasteiger partial charge >= 0.3 is 0 Å². The number of hydroxylamine groups is 1. The number of nitrogens with one attached hydrogen (secondary N) is 1. The molecule has 0 aromatic heterocycles. The minimum atomic E-state index is -0.0583. The van der Waals surface area contributed by atoms with Crippen LogP contribution in [0.4, 0.5) is 0 Å². The second-order valence-corrected chi connectivity index (χ2v) is 6.24. The first-order chi connectivity index (χ1) is 8.99. The van der Waals surface area contributed by atoms with Gasteiger partial charge < -0.3 is 0 Å². The van der Waals surface area contributed by atoms with Crippen molar-refractivity contribution in [3.8, 4) is 0 Å². The first kappa shape index (κ1) is 16.1. The number of carbonyl (C=O) groups is 1. The lowest BCUT2D eigenvalue weighted by molar-refractivity contribution is -0.133. The molecule has 0 saturated carbocycles. The van der Waals surface area contributed by atoms with Crippen LogP contribution >= 0.6 is 11.8 Å². The summed E-state index contributed by atoms with van der Waals surface area (Å²) in [6.07, 6.45) is 0.468. The zero-order valence-corrected chi connectivity index (χ0v) is 13.0. The summed E-state index contributed by atoms with van der Waals surface area (Å²) in [6.45, 7) is 8.84. The second kappa shape index (κ2) is 8.23. The van der Waals surface area contributed by atoms with Crippen LogP contribution in [0.25, 0.3) is 0 Å². The maximum atomic E-state index is 11.5. The first-order valence-corrected chi connectivity index (χ1v) is 7.58. The molecule has 0 radical (unpaired) electrons. The lowest BCUT2D eigenvalue weighted by Crippen LogP contribution is -2.25. The van der Waals surface area contributed by atoms with E-state index in [9.17, 15) is 4.79 Å². The van der Waals surface area contributed by atoms with Crippen LogP contribution in [0, 0.1) is 19.8 Å². The van der Waals surface area contributed by atoms with Gasteiger partial charge in [-0.3, -0.25) is 9.63 Å². The van der Waals surface area contributed by atoms with Crippen LogP contribution in [0.2, 0.25) is 0 Å². The summed E-state index contributed by atoms with van der Waals surface area (Å²) in [5.74, 6) is 1.13. The van der Waals surface area contributed by atoms with Gasteiger partial charge in [0.25, 0.3) is 0 Å². The molecule has 0 heterocycles. The molecule has 106 valence electrons. The van der Waals surface area contributed by atoms with Gasteiger partial charge in [-0.15, -0.1) is 11.8 Å². The highest BCUT2D eigenvalue weighted by atomic mass is 32.2. The van der Waals surface area contributed by atoms with Crippen LogP contribution in [-0.2, 0) is 9.63 Å². The molecule has 1 N–H and O–H groups in total. The number of carbonyl (C=O) groups excluding carboxylic acids is 1. The first-order valence-electron chi connectivity index (χ1n) is 6.59. The topological polar surface area (TPSA) is 38.3 Å². The van der Waals surface area contributed by atoms with Crippen molar-refractivity contribution in [2.45, 2.75) is 39.0 Å². The predicted molar refractivity (Wildman–Crippen MR) is 80.2 cm³/mol. The van der Waals surface area contributed by atoms with Crippen LogP contribution in [0.15, 0.2) is 23.1 Å². The van der Waals surface area contributed by atoms with Crippen molar-refractivity contribution < 1.29 is 9.63 Å². The molecule has 0 spiro atoms. The maximum Gasteiger partial charge on any atom is 0.244 e. The number of hydrogen-bond donors (Lipinski definition) is 1. The van der Waals surface area contributed by atoms with Crippen LogP contribution in [0.5, 0.6) is 0 Å². The molecule has 0 aliphatic carbocycles. The average Bonchev–Trinajstić information content (AvgIpc) is 2.33. The van der Waals surface area contributed by atoms with E-state index in [1.165, 1.54) is 16.0 Å². The van der Waals surface area contributed by atoms with Gasteiger partial charge in [-0.1, -0.05) is 19.9 Å². The minimum Gasteiger partial charge on any atom is -0.273 e.